The number of benzene rings is 2. The Balaban J connectivity index is 1.73. The third kappa shape index (κ3) is 5.31. The molecule has 0 saturated carbocycles. The maximum atomic E-state index is 13.3. The van der Waals surface area contributed by atoms with Gasteiger partial charge in [-0.3, -0.25) is 9.69 Å². The number of rotatable bonds is 7. The highest BCUT2D eigenvalue weighted by Gasteiger charge is 2.30. The Kier molecular flexibility index (Phi) is 7.26. The van der Waals surface area contributed by atoms with Gasteiger partial charge in [-0.15, -0.1) is 0 Å². The first-order chi connectivity index (χ1) is 13.2. The maximum Gasteiger partial charge on any atom is 0.268 e. The lowest BCUT2D eigenvalue weighted by Gasteiger charge is -2.36. The fraction of sp³-hybridized carbons (Fsp3) is 0.381. The molecule has 5 nitrogen and oxygen atoms in total. The van der Waals surface area contributed by atoms with E-state index >= 15 is 0 Å². The van der Waals surface area contributed by atoms with Crippen LogP contribution in [0.1, 0.15) is 11.7 Å². The Morgan fingerprint density at radius 2 is 1.70 bits per heavy atom. The fourth-order valence-electron chi connectivity index (χ4n) is 3.13. The maximum absolute atomic E-state index is 13.3. The highest BCUT2D eigenvalue weighted by Crippen LogP contribution is 2.30. The molecule has 27 heavy (non-hydrogen) atoms. The lowest BCUT2D eigenvalue weighted by Crippen LogP contribution is -2.51. The first-order valence-electron chi connectivity index (χ1n) is 9.15. The number of piperazine rings is 1. The molecule has 1 aliphatic heterocycles. The normalized spacial score (nSPS) is 16.1. The zero-order valence-corrected chi connectivity index (χ0v) is 17.1. The number of para-hydroxylation sites is 1. The largest absolute Gasteiger partial charge is 0.475 e. The monoisotopic (exact) mass is 432 g/mol. The average Bonchev–Trinajstić information content (AvgIpc) is 2.72. The summed E-state index contributed by atoms with van der Waals surface area (Å²) < 4.78 is 12.1. The van der Waals surface area contributed by atoms with E-state index in [9.17, 15) is 4.79 Å². The molecule has 1 saturated heterocycles. The van der Waals surface area contributed by atoms with E-state index in [1.54, 1.807) is 7.11 Å². The number of carbonyl (C=O) groups is 1. The van der Waals surface area contributed by atoms with Crippen molar-refractivity contribution in [2.24, 2.45) is 0 Å². The number of amides is 1. The van der Waals surface area contributed by atoms with Crippen LogP contribution in [-0.4, -0.2) is 62.1 Å². The number of halogens is 1. The number of nitrogens with zero attached hydrogens (tertiary/aromatic N) is 2. The van der Waals surface area contributed by atoms with Gasteiger partial charge in [0.2, 0.25) is 6.10 Å². The highest BCUT2D eigenvalue weighted by atomic mass is 79.9. The number of methoxy groups -OCH3 is 1. The Bertz CT molecular complexity index is 733. The van der Waals surface area contributed by atoms with Crippen molar-refractivity contribution in [1.82, 2.24) is 9.80 Å². The van der Waals surface area contributed by atoms with Crippen molar-refractivity contribution in [2.75, 3.05) is 46.4 Å². The quantitative estimate of drug-likeness (QED) is 0.672. The van der Waals surface area contributed by atoms with Gasteiger partial charge in [-0.1, -0.05) is 42.5 Å². The van der Waals surface area contributed by atoms with Gasteiger partial charge in [0.05, 0.1) is 11.1 Å². The lowest BCUT2D eigenvalue weighted by molar-refractivity contribution is -0.141. The molecule has 0 spiro atoms. The summed E-state index contributed by atoms with van der Waals surface area (Å²) in [6.07, 6.45) is -0.657. The first-order valence-corrected chi connectivity index (χ1v) is 9.94. The van der Waals surface area contributed by atoms with Crippen molar-refractivity contribution in [2.45, 2.75) is 6.10 Å². The van der Waals surface area contributed by atoms with Crippen LogP contribution in [0.25, 0.3) is 0 Å². The summed E-state index contributed by atoms with van der Waals surface area (Å²) in [5, 5.41) is 0. The zero-order valence-electron chi connectivity index (χ0n) is 15.5. The minimum absolute atomic E-state index is 0.00310. The van der Waals surface area contributed by atoms with Gasteiger partial charge in [-0.25, -0.2) is 0 Å². The molecule has 1 heterocycles. The van der Waals surface area contributed by atoms with E-state index in [0.717, 1.165) is 29.7 Å². The van der Waals surface area contributed by atoms with Crippen molar-refractivity contribution in [3.05, 3.63) is 64.6 Å². The summed E-state index contributed by atoms with van der Waals surface area (Å²) in [6.45, 7) is 4.72. The molecule has 0 radical (unpaired) electrons. The topological polar surface area (TPSA) is 42.0 Å². The third-order valence-electron chi connectivity index (χ3n) is 4.70. The molecule has 1 unspecified atom stereocenters. The van der Waals surface area contributed by atoms with Crippen LogP contribution >= 0.6 is 15.9 Å². The molecule has 1 fully saturated rings. The molecule has 0 aromatic heterocycles. The zero-order chi connectivity index (χ0) is 19.1. The van der Waals surface area contributed by atoms with Gasteiger partial charge in [0.15, 0.2) is 0 Å². The van der Waals surface area contributed by atoms with Gasteiger partial charge < -0.3 is 14.4 Å². The second-order valence-corrected chi connectivity index (χ2v) is 7.35. The van der Waals surface area contributed by atoms with Gasteiger partial charge in [0.1, 0.15) is 5.75 Å². The molecular weight excluding hydrogens is 408 g/mol. The Morgan fingerprint density at radius 1 is 1.04 bits per heavy atom. The van der Waals surface area contributed by atoms with Crippen LogP contribution in [0, 0.1) is 0 Å². The second kappa shape index (κ2) is 9.88. The Labute approximate surface area is 169 Å². The summed E-state index contributed by atoms with van der Waals surface area (Å²) >= 11 is 3.51. The molecule has 1 atom stereocenters. The van der Waals surface area contributed by atoms with Crippen LogP contribution in [0.3, 0.4) is 0 Å². The van der Waals surface area contributed by atoms with Gasteiger partial charge in [-0.2, -0.15) is 0 Å². The lowest BCUT2D eigenvalue weighted by atomic mass is 10.1. The molecule has 144 valence electrons. The highest BCUT2D eigenvalue weighted by molar-refractivity contribution is 9.10. The van der Waals surface area contributed by atoms with Crippen LogP contribution in [0.5, 0.6) is 5.75 Å². The molecule has 2 aromatic carbocycles. The van der Waals surface area contributed by atoms with Gasteiger partial charge >= 0.3 is 0 Å². The van der Waals surface area contributed by atoms with Crippen molar-refractivity contribution in [3.63, 3.8) is 0 Å². The summed E-state index contributed by atoms with van der Waals surface area (Å²) in [7, 11) is 1.71. The molecule has 1 amide bonds. The minimum atomic E-state index is -0.657. The third-order valence-corrected chi connectivity index (χ3v) is 5.36. The van der Waals surface area contributed by atoms with Crippen LogP contribution in [0.15, 0.2) is 59.1 Å². The number of hydrogen-bond donors (Lipinski definition) is 0. The number of carbonyl (C=O) groups excluding carboxylic acids is 1. The van der Waals surface area contributed by atoms with Crippen LogP contribution < -0.4 is 4.74 Å². The van der Waals surface area contributed by atoms with Crippen molar-refractivity contribution >= 4 is 21.8 Å². The van der Waals surface area contributed by atoms with E-state index in [-0.39, 0.29) is 5.91 Å². The molecular formula is C21H25BrN2O3. The molecule has 0 N–H and O–H groups in total. The summed E-state index contributed by atoms with van der Waals surface area (Å²) in [5.74, 6) is 0.668. The van der Waals surface area contributed by atoms with E-state index in [0.29, 0.717) is 25.4 Å². The van der Waals surface area contributed by atoms with E-state index in [1.807, 2.05) is 59.5 Å². The summed E-state index contributed by atoms with van der Waals surface area (Å²) in [4.78, 5) is 17.5. The van der Waals surface area contributed by atoms with Crippen LogP contribution in [0.4, 0.5) is 0 Å². The number of hydrogen-bond acceptors (Lipinski definition) is 4. The Morgan fingerprint density at radius 3 is 2.37 bits per heavy atom. The second-order valence-electron chi connectivity index (χ2n) is 6.50. The minimum Gasteiger partial charge on any atom is -0.475 e. The van der Waals surface area contributed by atoms with E-state index in [1.165, 1.54) is 0 Å². The standard InChI is InChI=1S/C21H25BrN2O3/c1-26-16-15-23-11-13-24(14-12-23)21(25)20(17-7-3-2-4-8-17)27-19-10-6-5-9-18(19)22/h2-10,20H,11-16H2,1H3. The van der Waals surface area contributed by atoms with Gasteiger partial charge in [-0.05, 0) is 28.1 Å². The molecule has 0 bridgehead atoms. The smallest absolute Gasteiger partial charge is 0.268 e. The molecule has 1 aliphatic rings. The summed E-state index contributed by atoms with van der Waals surface area (Å²) in [6, 6.07) is 17.3. The molecule has 6 heteroatoms. The summed E-state index contributed by atoms with van der Waals surface area (Å²) in [5.41, 5.74) is 0.861. The Hall–Kier alpha value is -1.89. The fourth-order valence-corrected chi connectivity index (χ4v) is 3.51. The van der Waals surface area contributed by atoms with Gasteiger partial charge in [0, 0.05) is 45.4 Å². The molecule has 3 rings (SSSR count). The van der Waals surface area contributed by atoms with Crippen molar-refractivity contribution < 1.29 is 14.3 Å². The predicted molar refractivity (Wildman–Crippen MR) is 109 cm³/mol. The molecule has 0 aliphatic carbocycles. The van der Waals surface area contributed by atoms with Crippen LogP contribution in [0.2, 0.25) is 0 Å². The van der Waals surface area contributed by atoms with E-state index in [2.05, 4.69) is 20.8 Å². The van der Waals surface area contributed by atoms with E-state index < -0.39 is 6.10 Å². The van der Waals surface area contributed by atoms with Gasteiger partial charge in [0.25, 0.3) is 5.91 Å². The van der Waals surface area contributed by atoms with Crippen LogP contribution in [-0.2, 0) is 9.53 Å². The average molecular weight is 433 g/mol. The van der Waals surface area contributed by atoms with E-state index in [4.69, 9.17) is 9.47 Å². The van der Waals surface area contributed by atoms with Crippen molar-refractivity contribution in [3.8, 4) is 5.75 Å². The molecule has 2 aromatic rings. The SMILES string of the molecule is COCCN1CCN(C(=O)C(Oc2ccccc2Br)c2ccccc2)CC1. The predicted octanol–water partition coefficient (Wildman–Crippen LogP) is 3.36. The first kappa shape index (κ1) is 19.9. The number of ether oxygens (including phenoxy) is 2. The van der Waals surface area contributed by atoms with Crippen molar-refractivity contribution in [1.29, 1.82) is 0 Å².